The Kier molecular flexibility index (Phi) is 7.05. The molecule has 7 nitrogen and oxygen atoms in total. The Labute approximate surface area is 143 Å². The third kappa shape index (κ3) is 6.76. The van der Waals surface area contributed by atoms with Gasteiger partial charge in [-0.15, -0.1) is 0 Å². The highest BCUT2D eigenvalue weighted by atomic mass is 16.6. The van der Waals surface area contributed by atoms with Crippen LogP contribution in [0, 0.1) is 11.8 Å². The van der Waals surface area contributed by atoms with Gasteiger partial charge in [0.05, 0.1) is 5.92 Å². The quantitative estimate of drug-likeness (QED) is 0.799. The fourth-order valence-electron chi connectivity index (χ4n) is 2.67. The minimum Gasteiger partial charge on any atom is -0.480 e. The van der Waals surface area contributed by atoms with Gasteiger partial charge in [0, 0.05) is 13.1 Å². The number of rotatable bonds is 5. The number of piperidine rings is 1. The first-order chi connectivity index (χ1) is 11.0. The van der Waals surface area contributed by atoms with Gasteiger partial charge in [-0.05, 0) is 46.0 Å². The summed E-state index contributed by atoms with van der Waals surface area (Å²) in [7, 11) is 0. The van der Waals surface area contributed by atoms with Crippen molar-refractivity contribution in [2.45, 2.75) is 65.5 Å². The van der Waals surface area contributed by atoms with Crippen LogP contribution < -0.4 is 5.32 Å². The molecule has 0 radical (unpaired) electrons. The highest BCUT2D eigenvalue weighted by Crippen LogP contribution is 2.20. The lowest BCUT2D eigenvalue weighted by Gasteiger charge is -2.34. The number of nitrogens with zero attached hydrogens (tertiary/aromatic N) is 1. The van der Waals surface area contributed by atoms with Crippen molar-refractivity contribution in [1.29, 1.82) is 0 Å². The summed E-state index contributed by atoms with van der Waals surface area (Å²) in [6.07, 6.45) is 1.28. The fourth-order valence-corrected chi connectivity index (χ4v) is 2.67. The normalized spacial score (nSPS) is 19.8. The Morgan fingerprint density at radius 2 is 1.92 bits per heavy atom. The smallest absolute Gasteiger partial charge is 0.410 e. The Bertz CT molecular complexity index is 470. The van der Waals surface area contributed by atoms with E-state index in [4.69, 9.17) is 4.74 Å². The molecule has 1 aliphatic rings. The van der Waals surface area contributed by atoms with E-state index in [1.165, 1.54) is 4.90 Å². The Hall–Kier alpha value is -1.79. The van der Waals surface area contributed by atoms with Crippen molar-refractivity contribution in [2.75, 3.05) is 13.1 Å². The van der Waals surface area contributed by atoms with Crippen molar-refractivity contribution in [3.63, 3.8) is 0 Å². The van der Waals surface area contributed by atoms with Crippen LogP contribution in [0.5, 0.6) is 0 Å². The van der Waals surface area contributed by atoms with Crippen molar-refractivity contribution in [3.8, 4) is 0 Å². The van der Waals surface area contributed by atoms with E-state index in [9.17, 15) is 19.5 Å². The minimum atomic E-state index is -1.03. The zero-order valence-corrected chi connectivity index (χ0v) is 15.3. The van der Waals surface area contributed by atoms with Crippen LogP contribution >= 0.6 is 0 Å². The van der Waals surface area contributed by atoms with Gasteiger partial charge in [0.15, 0.2) is 0 Å². The maximum Gasteiger partial charge on any atom is 0.410 e. The lowest BCUT2D eigenvalue weighted by molar-refractivity contribution is -0.143. The van der Waals surface area contributed by atoms with Crippen molar-refractivity contribution < 1.29 is 24.2 Å². The summed E-state index contributed by atoms with van der Waals surface area (Å²) >= 11 is 0. The number of hydrogen-bond acceptors (Lipinski definition) is 4. The van der Waals surface area contributed by atoms with Crippen LogP contribution in [0.4, 0.5) is 4.79 Å². The molecule has 0 saturated carbocycles. The fraction of sp³-hybridized carbons (Fsp3) is 0.824. The SMILES string of the molecule is CC(C)C[C@@H](NC(=O)C1CCCN(C(=O)OC(C)(C)C)C1)C(=O)O. The van der Waals surface area contributed by atoms with Crippen LogP contribution in [0.3, 0.4) is 0 Å². The molecule has 24 heavy (non-hydrogen) atoms. The molecule has 0 aliphatic carbocycles. The molecule has 7 heteroatoms. The molecule has 0 aromatic carbocycles. The van der Waals surface area contributed by atoms with E-state index < -0.39 is 29.6 Å². The number of carboxylic acid groups (broad SMARTS) is 1. The second kappa shape index (κ2) is 8.35. The van der Waals surface area contributed by atoms with Crippen LogP contribution in [0.15, 0.2) is 0 Å². The first-order valence-electron chi connectivity index (χ1n) is 8.50. The monoisotopic (exact) mass is 342 g/mol. The van der Waals surface area contributed by atoms with E-state index in [1.807, 2.05) is 13.8 Å². The van der Waals surface area contributed by atoms with Crippen molar-refractivity contribution in [3.05, 3.63) is 0 Å². The molecular formula is C17H30N2O5. The molecule has 0 aromatic rings. The summed E-state index contributed by atoms with van der Waals surface area (Å²) in [5, 5.41) is 11.8. The van der Waals surface area contributed by atoms with E-state index >= 15 is 0 Å². The number of nitrogens with one attached hydrogen (secondary N) is 1. The van der Waals surface area contributed by atoms with Gasteiger partial charge in [0.1, 0.15) is 11.6 Å². The molecule has 0 bridgehead atoms. The lowest BCUT2D eigenvalue weighted by atomic mass is 9.96. The number of likely N-dealkylation sites (tertiary alicyclic amines) is 1. The van der Waals surface area contributed by atoms with E-state index in [-0.39, 0.29) is 18.4 Å². The molecule has 2 N–H and O–H groups in total. The number of carbonyl (C=O) groups excluding carboxylic acids is 2. The van der Waals surface area contributed by atoms with E-state index in [0.29, 0.717) is 25.8 Å². The molecule has 2 atom stereocenters. The van der Waals surface area contributed by atoms with Gasteiger partial charge < -0.3 is 20.1 Å². The van der Waals surface area contributed by atoms with Gasteiger partial charge in [-0.1, -0.05) is 13.8 Å². The topological polar surface area (TPSA) is 95.9 Å². The molecule has 1 heterocycles. The third-order valence-electron chi connectivity index (χ3n) is 3.77. The van der Waals surface area contributed by atoms with Crippen molar-refractivity contribution >= 4 is 18.0 Å². The molecule has 0 spiro atoms. The van der Waals surface area contributed by atoms with Crippen LogP contribution in [0.2, 0.25) is 0 Å². The summed E-state index contributed by atoms with van der Waals surface area (Å²) in [6.45, 7) is 10.0. The maximum absolute atomic E-state index is 12.4. The second-order valence-electron chi connectivity index (χ2n) is 7.79. The van der Waals surface area contributed by atoms with Crippen molar-refractivity contribution in [2.24, 2.45) is 11.8 Å². The van der Waals surface area contributed by atoms with Gasteiger partial charge in [0.2, 0.25) is 5.91 Å². The lowest BCUT2D eigenvalue weighted by Crippen LogP contribution is -2.50. The zero-order valence-electron chi connectivity index (χ0n) is 15.3. The second-order valence-corrected chi connectivity index (χ2v) is 7.79. The molecule has 2 amide bonds. The van der Waals surface area contributed by atoms with Gasteiger partial charge in [-0.25, -0.2) is 9.59 Å². The van der Waals surface area contributed by atoms with Gasteiger partial charge in [-0.2, -0.15) is 0 Å². The van der Waals surface area contributed by atoms with Gasteiger partial charge in [-0.3, -0.25) is 4.79 Å². The molecule has 1 aliphatic heterocycles. The molecule has 1 saturated heterocycles. The van der Waals surface area contributed by atoms with E-state index in [2.05, 4.69) is 5.32 Å². The number of hydrogen-bond donors (Lipinski definition) is 2. The number of aliphatic carboxylic acids is 1. The number of ether oxygens (including phenoxy) is 1. The molecule has 1 rings (SSSR count). The molecule has 1 fully saturated rings. The van der Waals surface area contributed by atoms with E-state index in [0.717, 1.165) is 0 Å². The number of carboxylic acids is 1. The molecular weight excluding hydrogens is 312 g/mol. The van der Waals surface area contributed by atoms with Crippen LogP contribution in [-0.4, -0.2) is 52.7 Å². The minimum absolute atomic E-state index is 0.163. The Morgan fingerprint density at radius 3 is 2.42 bits per heavy atom. The predicted molar refractivity (Wildman–Crippen MR) is 89.6 cm³/mol. The first kappa shape index (κ1) is 20.3. The third-order valence-corrected chi connectivity index (χ3v) is 3.77. The molecule has 1 unspecified atom stereocenters. The van der Waals surface area contributed by atoms with Crippen LogP contribution in [-0.2, 0) is 14.3 Å². The highest BCUT2D eigenvalue weighted by Gasteiger charge is 2.32. The predicted octanol–water partition coefficient (Wildman–Crippen LogP) is 2.25. The number of carbonyl (C=O) groups is 3. The summed E-state index contributed by atoms with van der Waals surface area (Å²) in [5.41, 5.74) is -0.585. The summed E-state index contributed by atoms with van der Waals surface area (Å²) in [5.74, 6) is -1.58. The summed E-state index contributed by atoms with van der Waals surface area (Å²) in [4.78, 5) is 37.3. The van der Waals surface area contributed by atoms with E-state index in [1.54, 1.807) is 20.8 Å². The zero-order chi connectivity index (χ0) is 18.5. The standard InChI is InChI=1S/C17H30N2O5/c1-11(2)9-13(15(21)22)18-14(20)12-7-6-8-19(10-12)16(23)24-17(3,4)5/h11-13H,6-10H2,1-5H3,(H,18,20)(H,21,22)/t12?,13-/m1/s1. The first-order valence-corrected chi connectivity index (χ1v) is 8.50. The average Bonchev–Trinajstić information content (AvgIpc) is 2.44. The van der Waals surface area contributed by atoms with Gasteiger partial charge >= 0.3 is 12.1 Å². The number of amides is 2. The highest BCUT2D eigenvalue weighted by molar-refractivity contribution is 5.85. The summed E-state index contributed by atoms with van der Waals surface area (Å²) in [6, 6.07) is -0.894. The van der Waals surface area contributed by atoms with Crippen LogP contribution in [0.25, 0.3) is 0 Å². The van der Waals surface area contributed by atoms with Gasteiger partial charge in [0.25, 0.3) is 0 Å². The average molecular weight is 342 g/mol. The Balaban J connectivity index is 2.64. The van der Waals surface area contributed by atoms with Crippen LogP contribution in [0.1, 0.15) is 53.9 Å². The molecule has 0 aromatic heterocycles. The maximum atomic E-state index is 12.4. The molecule has 138 valence electrons. The largest absolute Gasteiger partial charge is 0.480 e. The summed E-state index contributed by atoms with van der Waals surface area (Å²) < 4.78 is 5.34. The van der Waals surface area contributed by atoms with Crippen molar-refractivity contribution in [1.82, 2.24) is 10.2 Å². The Morgan fingerprint density at radius 1 is 1.29 bits per heavy atom.